The SMILES string of the molecule is CCc1nc(N)cc(N(C)Cc2ccc(Cl)cc2)n1. The van der Waals surface area contributed by atoms with E-state index in [1.165, 1.54) is 5.56 Å². The molecule has 0 aliphatic rings. The number of rotatable bonds is 4. The van der Waals surface area contributed by atoms with Gasteiger partial charge in [0.15, 0.2) is 0 Å². The molecule has 100 valence electrons. The van der Waals surface area contributed by atoms with Gasteiger partial charge in [-0.25, -0.2) is 9.97 Å². The lowest BCUT2D eigenvalue weighted by atomic mass is 10.2. The number of hydrogen-bond acceptors (Lipinski definition) is 4. The molecule has 1 heterocycles. The van der Waals surface area contributed by atoms with E-state index in [0.29, 0.717) is 5.82 Å². The summed E-state index contributed by atoms with van der Waals surface area (Å²) in [5.41, 5.74) is 6.96. The largest absolute Gasteiger partial charge is 0.384 e. The van der Waals surface area contributed by atoms with Gasteiger partial charge < -0.3 is 10.6 Å². The smallest absolute Gasteiger partial charge is 0.134 e. The number of benzene rings is 1. The highest BCUT2D eigenvalue weighted by Crippen LogP contribution is 2.17. The van der Waals surface area contributed by atoms with Crippen LogP contribution in [0.15, 0.2) is 30.3 Å². The zero-order valence-corrected chi connectivity index (χ0v) is 11.9. The van der Waals surface area contributed by atoms with Crippen LogP contribution in [-0.4, -0.2) is 17.0 Å². The third-order valence-corrected chi connectivity index (χ3v) is 3.07. The summed E-state index contributed by atoms with van der Waals surface area (Å²) in [5.74, 6) is 2.10. The monoisotopic (exact) mass is 276 g/mol. The van der Waals surface area contributed by atoms with Crippen LogP contribution in [-0.2, 0) is 13.0 Å². The lowest BCUT2D eigenvalue weighted by Crippen LogP contribution is -2.19. The Morgan fingerprint density at radius 2 is 1.89 bits per heavy atom. The predicted molar refractivity (Wildman–Crippen MR) is 79.4 cm³/mol. The molecule has 0 radical (unpaired) electrons. The molecule has 5 heteroatoms. The predicted octanol–water partition coefficient (Wildman–Crippen LogP) is 2.91. The fourth-order valence-corrected chi connectivity index (χ4v) is 1.93. The molecule has 2 N–H and O–H groups in total. The fourth-order valence-electron chi connectivity index (χ4n) is 1.80. The van der Waals surface area contributed by atoms with Crippen LogP contribution in [0.1, 0.15) is 18.3 Å². The molecular weight excluding hydrogens is 260 g/mol. The summed E-state index contributed by atoms with van der Waals surface area (Å²) in [6.45, 7) is 2.76. The second-order valence-electron chi connectivity index (χ2n) is 4.40. The van der Waals surface area contributed by atoms with Crippen LogP contribution in [0.5, 0.6) is 0 Å². The van der Waals surface area contributed by atoms with Gasteiger partial charge in [-0.1, -0.05) is 30.7 Å². The summed E-state index contributed by atoms with van der Waals surface area (Å²) in [4.78, 5) is 10.7. The van der Waals surface area contributed by atoms with Gasteiger partial charge in [0.1, 0.15) is 17.5 Å². The van der Waals surface area contributed by atoms with Gasteiger partial charge in [-0.15, -0.1) is 0 Å². The number of anilines is 2. The topological polar surface area (TPSA) is 55.0 Å². The van der Waals surface area contributed by atoms with Gasteiger partial charge in [0.2, 0.25) is 0 Å². The van der Waals surface area contributed by atoms with Crippen LogP contribution in [0.4, 0.5) is 11.6 Å². The van der Waals surface area contributed by atoms with E-state index >= 15 is 0 Å². The molecule has 0 saturated carbocycles. The van der Waals surface area contributed by atoms with E-state index in [-0.39, 0.29) is 0 Å². The van der Waals surface area contributed by atoms with E-state index in [0.717, 1.165) is 29.6 Å². The molecule has 1 aromatic heterocycles. The molecular formula is C14H17ClN4. The molecule has 0 spiro atoms. The molecule has 0 amide bonds. The number of nitrogen functional groups attached to an aromatic ring is 1. The minimum atomic E-state index is 0.504. The van der Waals surface area contributed by atoms with Crippen molar-refractivity contribution in [3.8, 4) is 0 Å². The highest BCUT2D eigenvalue weighted by Gasteiger charge is 2.07. The summed E-state index contributed by atoms with van der Waals surface area (Å²) in [7, 11) is 1.98. The average molecular weight is 277 g/mol. The first-order valence-corrected chi connectivity index (χ1v) is 6.55. The van der Waals surface area contributed by atoms with Crippen molar-refractivity contribution >= 4 is 23.2 Å². The van der Waals surface area contributed by atoms with Gasteiger partial charge in [-0.05, 0) is 17.7 Å². The molecule has 19 heavy (non-hydrogen) atoms. The molecule has 2 aromatic rings. The van der Waals surface area contributed by atoms with E-state index < -0.39 is 0 Å². The number of nitrogens with zero attached hydrogens (tertiary/aromatic N) is 3. The maximum absolute atomic E-state index is 5.87. The average Bonchev–Trinajstić information content (AvgIpc) is 2.40. The molecule has 0 saturated heterocycles. The van der Waals surface area contributed by atoms with Crippen LogP contribution in [0.25, 0.3) is 0 Å². The van der Waals surface area contributed by atoms with Gasteiger partial charge in [0, 0.05) is 31.1 Å². The number of aryl methyl sites for hydroxylation is 1. The maximum atomic E-state index is 5.87. The molecule has 0 fully saturated rings. The third-order valence-electron chi connectivity index (χ3n) is 2.82. The van der Waals surface area contributed by atoms with E-state index in [4.69, 9.17) is 17.3 Å². The highest BCUT2D eigenvalue weighted by molar-refractivity contribution is 6.30. The van der Waals surface area contributed by atoms with Crippen LogP contribution >= 0.6 is 11.6 Å². The number of halogens is 1. The van der Waals surface area contributed by atoms with E-state index in [9.17, 15) is 0 Å². The Balaban J connectivity index is 2.17. The standard InChI is InChI=1S/C14H17ClN4/c1-3-13-17-12(16)8-14(18-13)19(2)9-10-4-6-11(15)7-5-10/h4-8H,3,9H2,1-2H3,(H2,16,17,18). The Morgan fingerprint density at radius 3 is 2.53 bits per heavy atom. The Hall–Kier alpha value is -1.81. The first-order chi connectivity index (χ1) is 9.08. The van der Waals surface area contributed by atoms with Crippen molar-refractivity contribution in [2.24, 2.45) is 0 Å². The van der Waals surface area contributed by atoms with Gasteiger partial charge in [0.05, 0.1) is 0 Å². The van der Waals surface area contributed by atoms with Crippen molar-refractivity contribution < 1.29 is 0 Å². The van der Waals surface area contributed by atoms with Crippen LogP contribution < -0.4 is 10.6 Å². The summed E-state index contributed by atoms with van der Waals surface area (Å²) in [5, 5.41) is 0.742. The Bertz CT molecular complexity index is 554. The minimum absolute atomic E-state index is 0.504. The second kappa shape index (κ2) is 5.89. The molecule has 4 nitrogen and oxygen atoms in total. The lowest BCUT2D eigenvalue weighted by molar-refractivity contribution is 0.861. The first kappa shape index (κ1) is 13.6. The highest BCUT2D eigenvalue weighted by atomic mass is 35.5. The zero-order chi connectivity index (χ0) is 13.8. The van der Waals surface area contributed by atoms with Gasteiger partial charge in [-0.3, -0.25) is 0 Å². The molecule has 0 aliphatic heterocycles. The molecule has 0 atom stereocenters. The molecule has 0 aliphatic carbocycles. The van der Waals surface area contributed by atoms with Crippen LogP contribution in [0, 0.1) is 0 Å². The molecule has 0 bridgehead atoms. The lowest BCUT2D eigenvalue weighted by Gasteiger charge is -2.19. The van der Waals surface area contributed by atoms with Gasteiger partial charge in [0.25, 0.3) is 0 Å². The van der Waals surface area contributed by atoms with Crippen LogP contribution in [0.3, 0.4) is 0 Å². The number of hydrogen-bond donors (Lipinski definition) is 1. The van der Waals surface area contributed by atoms with E-state index in [2.05, 4.69) is 9.97 Å². The summed E-state index contributed by atoms with van der Waals surface area (Å²) < 4.78 is 0. The summed E-state index contributed by atoms with van der Waals surface area (Å²) in [6.07, 6.45) is 0.771. The van der Waals surface area contributed by atoms with Crippen molar-refractivity contribution in [3.05, 3.63) is 46.7 Å². The van der Waals surface area contributed by atoms with Gasteiger partial charge in [-0.2, -0.15) is 0 Å². The summed E-state index contributed by atoms with van der Waals surface area (Å²) in [6, 6.07) is 9.57. The Kier molecular flexibility index (Phi) is 4.22. The maximum Gasteiger partial charge on any atom is 0.134 e. The minimum Gasteiger partial charge on any atom is -0.384 e. The van der Waals surface area contributed by atoms with Crippen molar-refractivity contribution in [2.75, 3.05) is 17.7 Å². The molecule has 0 unspecified atom stereocenters. The number of aromatic nitrogens is 2. The Morgan fingerprint density at radius 1 is 1.21 bits per heavy atom. The Labute approximate surface area is 118 Å². The third kappa shape index (κ3) is 3.58. The van der Waals surface area contributed by atoms with E-state index in [1.54, 1.807) is 6.07 Å². The van der Waals surface area contributed by atoms with Crippen molar-refractivity contribution in [1.82, 2.24) is 9.97 Å². The van der Waals surface area contributed by atoms with E-state index in [1.807, 2.05) is 43.1 Å². The fraction of sp³-hybridized carbons (Fsp3) is 0.286. The van der Waals surface area contributed by atoms with Crippen LogP contribution in [0.2, 0.25) is 5.02 Å². The van der Waals surface area contributed by atoms with Crippen molar-refractivity contribution in [2.45, 2.75) is 19.9 Å². The zero-order valence-electron chi connectivity index (χ0n) is 11.1. The molecule has 1 aromatic carbocycles. The second-order valence-corrected chi connectivity index (χ2v) is 4.84. The van der Waals surface area contributed by atoms with Gasteiger partial charge >= 0.3 is 0 Å². The molecule has 2 rings (SSSR count). The number of nitrogens with two attached hydrogens (primary N) is 1. The van der Waals surface area contributed by atoms with Crippen molar-refractivity contribution in [1.29, 1.82) is 0 Å². The quantitative estimate of drug-likeness (QED) is 0.933. The summed E-state index contributed by atoms with van der Waals surface area (Å²) >= 11 is 5.87. The first-order valence-electron chi connectivity index (χ1n) is 6.17. The van der Waals surface area contributed by atoms with Crippen molar-refractivity contribution in [3.63, 3.8) is 0 Å². The normalized spacial score (nSPS) is 10.5.